The second kappa shape index (κ2) is 37.7. The van der Waals surface area contributed by atoms with Crippen LogP contribution in [0.1, 0.15) is 518 Å². The first kappa shape index (κ1) is 93.7. The largest absolute Gasteiger partial charge is 0.0649 e. The molecule has 0 nitrogen and oxygen atoms in total. The molecule has 24 saturated carbocycles. The highest BCUT2D eigenvalue weighted by Crippen LogP contribution is 2.76. The molecule has 0 N–H and O–H groups in total. The van der Waals surface area contributed by atoms with Crippen LogP contribution in [0.3, 0.4) is 0 Å². The highest BCUT2D eigenvalue weighted by Gasteiger charge is 2.68. The molecule has 24 aliphatic carbocycles. The summed E-state index contributed by atoms with van der Waals surface area (Å²) in [5.74, 6) is 33.9. The molecule has 14 bridgehead atoms. The molecule has 0 aromatic heterocycles. The van der Waals surface area contributed by atoms with Crippen molar-refractivity contribution in [3.8, 4) is 0 Å². The van der Waals surface area contributed by atoms with E-state index in [9.17, 15) is 0 Å². The quantitative estimate of drug-likeness (QED) is 0.195. The van der Waals surface area contributed by atoms with Gasteiger partial charge in [-0.1, -0.05) is 306 Å². The summed E-state index contributed by atoms with van der Waals surface area (Å²) < 4.78 is 0. The van der Waals surface area contributed by atoms with Crippen LogP contribution < -0.4 is 0 Å². The van der Waals surface area contributed by atoms with E-state index in [2.05, 4.69) is 152 Å². The summed E-state index contributed by atoms with van der Waals surface area (Å²) in [5.41, 5.74) is 6.90. The maximum Gasteiger partial charge on any atom is -0.0269 e. The predicted molar refractivity (Wildman–Crippen MR) is 517 cm³/mol. The maximum atomic E-state index is 2.62. The van der Waals surface area contributed by atoms with E-state index in [0.717, 1.165) is 112 Å². The minimum atomic E-state index is 0.663. The van der Waals surface area contributed by atoms with Gasteiger partial charge in [-0.15, -0.1) is 0 Å². The van der Waals surface area contributed by atoms with Crippen LogP contribution in [-0.4, -0.2) is 0 Å². The summed E-state index contributed by atoms with van der Waals surface area (Å²) in [6.45, 7) is 54.3. The lowest BCUT2D eigenvalue weighted by molar-refractivity contribution is 0.0145. The SMILES string of the molecule is CC(C)C1(C)CC2CC1C1C3CCC(C3)C21.CC(C)C1(C)CCC2CCCCC2C1.CC1(C)CC2CC1C1C3CCC(C3)C21.CC1(C)CC2CC1C1CCCC21.CC1(C)CCC2CCCCC2C1.CC1(C)CCCC1.CC1(C)CCCC2CCCCC21.CC1(C)CCCCC1.CC1(C)CCCCCC1.CCC1(C)CC2CC1C1C3CCC(C3)C21. The van der Waals surface area contributed by atoms with Crippen molar-refractivity contribution in [3.05, 3.63) is 0 Å². The first-order valence-corrected chi connectivity index (χ1v) is 56.3. The van der Waals surface area contributed by atoms with Gasteiger partial charge in [0, 0.05) is 0 Å². The molecule has 24 rings (SSSR count). The Morgan fingerprint density at radius 1 is 0.210 bits per heavy atom. The fourth-order valence-electron chi connectivity index (χ4n) is 39.1. The molecule has 0 aromatic rings. The van der Waals surface area contributed by atoms with Crippen molar-refractivity contribution >= 4 is 0 Å². The number of fused-ring (bicyclic) bond motifs is 35. The molecule has 686 valence electrons. The average Bonchev–Trinajstić information content (AvgIpc) is 1.46. The normalized spacial score (nSPS) is 48.3. The van der Waals surface area contributed by atoms with Gasteiger partial charge in [-0.3, -0.25) is 0 Å². The highest BCUT2D eigenvalue weighted by molar-refractivity contribution is 5.17. The fourth-order valence-corrected chi connectivity index (χ4v) is 39.1. The van der Waals surface area contributed by atoms with Crippen LogP contribution in [0.4, 0.5) is 0 Å². The molecule has 0 heterocycles. The van der Waals surface area contributed by atoms with Gasteiger partial charge in [-0.05, 0) is 444 Å². The van der Waals surface area contributed by atoms with Gasteiger partial charge < -0.3 is 0 Å². The molecule has 31 atom stereocenters. The maximum absolute atomic E-state index is 2.62. The van der Waals surface area contributed by atoms with Crippen LogP contribution in [0.15, 0.2) is 0 Å². The van der Waals surface area contributed by atoms with E-state index in [0.29, 0.717) is 48.7 Å². The Bertz CT molecular complexity index is 3120. The van der Waals surface area contributed by atoms with E-state index in [4.69, 9.17) is 0 Å². The van der Waals surface area contributed by atoms with E-state index < -0.39 is 0 Å². The second-order valence-corrected chi connectivity index (χ2v) is 57.4. The zero-order chi connectivity index (χ0) is 84.6. The van der Waals surface area contributed by atoms with E-state index in [1.165, 1.54) is 296 Å². The standard InChI is InChI=1S/C16H26.C15H24.C14H22.C14H26.C12H20.2C12H22.C9H18.C8H16.C7H14/c1-9(2)16(3)8-12-7-13(16)15-11-5-4-10(6-11)14(12)15;1-3-15(2)8-11-7-12(15)14-10-5-4-9(6-10)13(11)14;1-14(2)7-10-6-11(14)13-9-4-3-8(5-9)12(10)13;1-11(2)14(3)9-8-12-6-4-5-7-13(12)10-14;1-12(2)7-8-6-11(12)10-5-3-4-9(8)10;1-12(2)9-5-7-10-6-3-4-8-11(10)12;1-12(2)8-7-10-5-3-4-6-11(10)9-12;1-9(2)7-5-3-4-6-8-9;1-8(2)6-4-3-5-7-8;1-7(2)5-3-4-6-7/h9-15H,4-8H2,1-3H3;9-14H,3-8H2,1-2H3;8-13H,3-7H2,1-2H3;11-13H,4-10H2,1-3H3;8-11H,3-7H2,1-2H3;2*10-11H,3-9H2,1-2H3;3-8H2,1-2H3;3-7H2,1-2H3;3-6H2,1-2H3. The van der Waals surface area contributed by atoms with E-state index in [-0.39, 0.29) is 0 Å². The van der Waals surface area contributed by atoms with Gasteiger partial charge in [0.15, 0.2) is 0 Å². The molecule has 0 heteroatoms. The van der Waals surface area contributed by atoms with Crippen molar-refractivity contribution in [2.24, 2.45) is 232 Å². The van der Waals surface area contributed by atoms with Gasteiger partial charge in [0.1, 0.15) is 0 Å². The molecule has 31 unspecified atom stereocenters. The van der Waals surface area contributed by atoms with Gasteiger partial charge in [-0.25, -0.2) is 0 Å². The molecule has 0 aromatic carbocycles. The molecule has 24 fully saturated rings. The monoisotopic (exact) mass is 1640 g/mol. The van der Waals surface area contributed by atoms with Crippen molar-refractivity contribution in [2.75, 3.05) is 0 Å². The molecule has 0 spiro atoms. The number of hydrogen-bond donors (Lipinski definition) is 0. The topological polar surface area (TPSA) is 0 Å². The lowest BCUT2D eigenvalue weighted by Gasteiger charge is -2.47. The Hall–Kier alpha value is 0. The highest BCUT2D eigenvalue weighted by atomic mass is 14.7. The van der Waals surface area contributed by atoms with Gasteiger partial charge in [0.05, 0.1) is 0 Å². The summed E-state index contributed by atoms with van der Waals surface area (Å²) in [6.07, 6.45) is 87.0. The minimum absolute atomic E-state index is 0.663. The van der Waals surface area contributed by atoms with Crippen LogP contribution in [0, 0.1) is 232 Å². The van der Waals surface area contributed by atoms with Crippen molar-refractivity contribution in [1.82, 2.24) is 0 Å². The molecule has 0 saturated heterocycles. The van der Waals surface area contributed by atoms with E-state index in [1.807, 2.05) is 0 Å². The summed E-state index contributed by atoms with van der Waals surface area (Å²) in [4.78, 5) is 0. The smallest absolute Gasteiger partial charge is 0.0269 e. The number of rotatable bonds is 3. The first-order valence-electron chi connectivity index (χ1n) is 56.3. The predicted octanol–water partition coefficient (Wildman–Crippen LogP) is 37.2. The first-order chi connectivity index (χ1) is 56.3. The zero-order valence-corrected chi connectivity index (χ0v) is 84.6. The van der Waals surface area contributed by atoms with Crippen LogP contribution in [-0.2, 0) is 0 Å². The Kier molecular flexibility index (Phi) is 29.7. The number of hydrogen-bond acceptors (Lipinski definition) is 0. The molecule has 0 aliphatic heterocycles. The summed E-state index contributed by atoms with van der Waals surface area (Å²) in [7, 11) is 0. The minimum Gasteiger partial charge on any atom is -0.0649 e. The molecule has 24 aliphatic rings. The van der Waals surface area contributed by atoms with E-state index in [1.54, 1.807) is 141 Å². The Morgan fingerprint density at radius 3 is 1.10 bits per heavy atom. The van der Waals surface area contributed by atoms with Gasteiger partial charge >= 0.3 is 0 Å². The van der Waals surface area contributed by atoms with E-state index >= 15 is 0 Å². The molecule has 0 amide bonds. The van der Waals surface area contributed by atoms with Crippen molar-refractivity contribution in [3.63, 3.8) is 0 Å². The van der Waals surface area contributed by atoms with Crippen LogP contribution in [0.5, 0.6) is 0 Å². The second-order valence-electron chi connectivity index (χ2n) is 57.4. The molecular formula is C119H210. The molecular weight excluding hydrogens is 1430 g/mol. The Balaban J connectivity index is 0.000000104. The zero-order valence-electron chi connectivity index (χ0n) is 84.6. The van der Waals surface area contributed by atoms with Gasteiger partial charge in [0.2, 0.25) is 0 Å². The third-order valence-corrected chi connectivity index (χ3v) is 46.3. The van der Waals surface area contributed by atoms with Crippen molar-refractivity contribution in [2.45, 2.75) is 518 Å². The van der Waals surface area contributed by atoms with Gasteiger partial charge in [-0.2, -0.15) is 0 Å². The third-order valence-electron chi connectivity index (χ3n) is 46.3. The summed E-state index contributed by atoms with van der Waals surface area (Å²) in [6, 6.07) is 0. The summed E-state index contributed by atoms with van der Waals surface area (Å²) >= 11 is 0. The van der Waals surface area contributed by atoms with Crippen molar-refractivity contribution in [1.29, 1.82) is 0 Å². The lowest BCUT2D eigenvalue weighted by atomic mass is 9.58. The fraction of sp³-hybridized carbons (Fsp3) is 1.00. The summed E-state index contributed by atoms with van der Waals surface area (Å²) in [5, 5.41) is 0. The van der Waals surface area contributed by atoms with Crippen LogP contribution in [0.2, 0.25) is 0 Å². The average molecular weight is 1640 g/mol. The Labute approximate surface area is 745 Å². The third kappa shape index (κ3) is 20.5. The Morgan fingerprint density at radius 2 is 0.597 bits per heavy atom. The van der Waals surface area contributed by atoms with Gasteiger partial charge in [0.25, 0.3) is 0 Å². The van der Waals surface area contributed by atoms with Crippen LogP contribution in [0.25, 0.3) is 0 Å². The van der Waals surface area contributed by atoms with Crippen LogP contribution >= 0.6 is 0 Å². The van der Waals surface area contributed by atoms with Crippen molar-refractivity contribution < 1.29 is 0 Å². The molecule has 119 heavy (non-hydrogen) atoms. The lowest BCUT2D eigenvalue weighted by Crippen LogP contribution is -2.41. The molecule has 0 radical (unpaired) electrons.